The van der Waals surface area contributed by atoms with Gasteiger partial charge in [0.1, 0.15) is 10.8 Å². The summed E-state index contributed by atoms with van der Waals surface area (Å²) in [6, 6.07) is 16.9. The molecule has 1 aromatic heterocycles. The second-order valence-corrected chi connectivity index (χ2v) is 6.88. The lowest BCUT2D eigenvalue weighted by Crippen LogP contribution is -2.35. The van der Waals surface area contributed by atoms with Crippen molar-refractivity contribution >= 4 is 23.2 Å². The molecule has 1 heterocycles. The van der Waals surface area contributed by atoms with Crippen LogP contribution in [-0.4, -0.2) is 30.1 Å². The molecular weight excluding hydrogens is 376 g/mol. The monoisotopic (exact) mass is 396 g/mol. The number of amides is 1. The maximum Gasteiger partial charge on any atom is 0.358 e. The Kier molecular flexibility index (Phi) is 6.39. The molecule has 1 N–H and O–H groups in total. The minimum atomic E-state index is -0.923. The van der Waals surface area contributed by atoms with E-state index in [1.165, 1.54) is 18.3 Å². The predicted octanol–water partition coefficient (Wildman–Crippen LogP) is 3.68. The van der Waals surface area contributed by atoms with E-state index < -0.39 is 12.1 Å². The zero-order valence-electron chi connectivity index (χ0n) is 15.5. The molecule has 0 bridgehead atoms. The third-order valence-corrected chi connectivity index (χ3v) is 4.90. The van der Waals surface area contributed by atoms with Crippen molar-refractivity contribution < 1.29 is 19.1 Å². The topological polar surface area (TPSA) is 77.5 Å². The molecular formula is C21H20N2O4S. The maximum atomic E-state index is 12.3. The number of nitrogens with zero attached hydrogens (tertiary/aromatic N) is 1. The standard InChI is InChI=1S/C21H20N2O4S/c1-14(19(24)22-12-15-8-10-17(26-2)11-9-15)27-21(25)18-13-28-20(23-18)16-6-4-3-5-7-16/h3-11,13-14H,12H2,1-2H3,(H,22,24)/t14-/m0/s1. The molecule has 0 saturated carbocycles. The number of benzene rings is 2. The van der Waals surface area contributed by atoms with Crippen LogP contribution < -0.4 is 10.1 Å². The van der Waals surface area contributed by atoms with Crippen LogP contribution in [0.4, 0.5) is 0 Å². The molecule has 1 amide bonds. The highest BCUT2D eigenvalue weighted by Crippen LogP contribution is 2.23. The fourth-order valence-corrected chi connectivity index (χ4v) is 3.23. The minimum absolute atomic E-state index is 0.193. The number of rotatable bonds is 7. The van der Waals surface area contributed by atoms with Gasteiger partial charge in [0.15, 0.2) is 11.8 Å². The lowest BCUT2D eigenvalue weighted by atomic mass is 10.2. The van der Waals surface area contributed by atoms with Crippen molar-refractivity contribution in [3.05, 3.63) is 71.2 Å². The molecule has 0 radical (unpaired) electrons. The van der Waals surface area contributed by atoms with E-state index in [-0.39, 0.29) is 11.6 Å². The molecule has 7 heteroatoms. The third kappa shape index (κ3) is 4.95. The first-order valence-electron chi connectivity index (χ1n) is 8.69. The first-order valence-corrected chi connectivity index (χ1v) is 9.57. The van der Waals surface area contributed by atoms with Gasteiger partial charge in [-0.2, -0.15) is 0 Å². The quantitative estimate of drug-likeness (QED) is 0.617. The number of nitrogens with one attached hydrogen (secondary N) is 1. The number of thiazole rings is 1. The van der Waals surface area contributed by atoms with Crippen molar-refractivity contribution in [2.24, 2.45) is 0 Å². The fourth-order valence-electron chi connectivity index (χ4n) is 2.43. The second-order valence-electron chi connectivity index (χ2n) is 6.02. The normalized spacial score (nSPS) is 11.5. The second kappa shape index (κ2) is 9.14. The number of methoxy groups -OCH3 is 1. The zero-order valence-corrected chi connectivity index (χ0v) is 16.4. The molecule has 0 unspecified atom stereocenters. The van der Waals surface area contributed by atoms with Gasteiger partial charge in [-0.05, 0) is 24.6 Å². The van der Waals surface area contributed by atoms with Crippen molar-refractivity contribution in [3.8, 4) is 16.3 Å². The molecule has 1 atom stereocenters. The number of hydrogen-bond donors (Lipinski definition) is 1. The van der Waals surface area contributed by atoms with E-state index in [1.807, 2.05) is 54.6 Å². The van der Waals surface area contributed by atoms with Crippen LogP contribution in [-0.2, 0) is 16.1 Å². The molecule has 0 spiro atoms. The molecule has 0 aliphatic rings. The summed E-state index contributed by atoms with van der Waals surface area (Å²) in [4.78, 5) is 28.8. The Labute approximate surface area is 167 Å². The first kappa shape index (κ1) is 19.6. The zero-order chi connectivity index (χ0) is 19.9. The van der Waals surface area contributed by atoms with Crippen LogP contribution in [0, 0.1) is 0 Å². The lowest BCUT2D eigenvalue weighted by molar-refractivity contribution is -0.129. The molecule has 3 aromatic rings. The number of aromatic nitrogens is 1. The van der Waals surface area contributed by atoms with Gasteiger partial charge in [-0.3, -0.25) is 4.79 Å². The van der Waals surface area contributed by atoms with Crippen molar-refractivity contribution in [3.63, 3.8) is 0 Å². The smallest absolute Gasteiger partial charge is 0.358 e. The largest absolute Gasteiger partial charge is 0.497 e. The van der Waals surface area contributed by atoms with E-state index in [9.17, 15) is 9.59 Å². The van der Waals surface area contributed by atoms with E-state index in [2.05, 4.69) is 10.3 Å². The third-order valence-electron chi connectivity index (χ3n) is 4.01. The molecule has 2 aromatic carbocycles. The highest BCUT2D eigenvalue weighted by atomic mass is 32.1. The molecule has 0 saturated heterocycles. The van der Waals surface area contributed by atoms with Crippen molar-refractivity contribution in [2.75, 3.05) is 7.11 Å². The number of esters is 1. The van der Waals surface area contributed by atoms with Gasteiger partial charge in [-0.15, -0.1) is 11.3 Å². The van der Waals surface area contributed by atoms with Crippen molar-refractivity contribution in [2.45, 2.75) is 19.6 Å². The average molecular weight is 396 g/mol. The first-order chi connectivity index (χ1) is 13.6. The average Bonchev–Trinajstić information content (AvgIpc) is 3.23. The summed E-state index contributed by atoms with van der Waals surface area (Å²) in [5.74, 6) is -0.247. The summed E-state index contributed by atoms with van der Waals surface area (Å²) in [5.41, 5.74) is 2.04. The van der Waals surface area contributed by atoms with E-state index in [0.29, 0.717) is 6.54 Å². The summed E-state index contributed by atoms with van der Waals surface area (Å²) in [6.45, 7) is 1.87. The summed E-state index contributed by atoms with van der Waals surface area (Å²) in [7, 11) is 1.60. The fraction of sp³-hybridized carbons (Fsp3) is 0.190. The van der Waals surface area contributed by atoms with Crippen molar-refractivity contribution in [1.82, 2.24) is 10.3 Å². The molecule has 0 aliphatic carbocycles. The van der Waals surface area contributed by atoms with Crippen molar-refractivity contribution in [1.29, 1.82) is 0 Å². The Morgan fingerprint density at radius 3 is 2.50 bits per heavy atom. The number of carbonyl (C=O) groups is 2. The Balaban J connectivity index is 1.53. The Morgan fingerprint density at radius 2 is 1.82 bits per heavy atom. The van der Waals surface area contributed by atoms with Gasteiger partial charge in [0.2, 0.25) is 0 Å². The number of ether oxygens (including phenoxy) is 2. The van der Waals surface area contributed by atoms with Crippen LogP contribution in [0.3, 0.4) is 0 Å². The van der Waals surface area contributed by atoms with Crippen LogP contribution >= 0.6 is 11.3 Å². The molecule has 0 aliphatic heterocycles. The number of hydrogen-bond acceptors (Lipinski definition) is 6. The van der Waals surface area contributed by atoms with E-state index >= 15 is 0 Å². The van der Waals surface area contributed by atoms with E-state index in [0.717, 1.165) is 21.9 Å². The van der Waals surface area contributed by atoms with E-state index in [1.54, 1.807) is 12.5 Å². The highest BCUT2D eigenvalue weighted by molar-refractivity contribution is 7.13. The highest BCUT2D eigenvalue weighted by Gasteiger charge is 2.21. The molecule has 0 fully saturated rings. The van der Waals surface area contributed by atoms with Crippen LogP contribution in [0.1, 0.15) is 23.0 Å². The molecule has 144 valence electrons. The van der Waals surface area contributed by atoms with Gasteiger partial charge in [-0.1, -0.05) is 42.5 Å². The summed E-state index contributed by atoms with van der Waals surface area (Å²) >= 11 is 1.35. The Hall–Kier alpha value is -3.19. The Morgan fingerprint density at radius 1 is 1.11 bits per heavy atom. The van der Waals surface area contributed by atoms with Gasteiger partial charge in [0.05, 0.1) is 7.11 Å². The molecule has 28 heavy (non-hydrogen) atoms. The molecule has 3 rings (SSSR count). The summed E-state index contributed by atoms with van der Waals surface area (Å²) in [6.07, 6.45) is -0.923. The van der Waals surface area contributed by atoms with Gasteiger partial charge >= 0.3 is 5.97 Å². The summed E-state index contributed by atoms with van der Waals surface area (Å²) < 4.78 is 10.3. The number of carbonyl (C=O) groups excluding carboxylic acids is 2. The van der Waals surface area contributed by atoms with Crippen LogP contribution in [0.15, 0.2) is 60.0 Å². The van der Waals surface area contributed by atoms with Gasteiger partial charge in [0.25, 0.3) is 5.91 Å². The predicted molar refractivity (Wildman–Crippen MR) is 107 cm³/mol. The minimum Gasteiger partial charge on any atom is -0.497 e. The van der Waals surface area contributed by atoms with Gasteiger partial charge in [0, 0.05) is 17.5 Å². The van der Waals surface area contributed by atoms with E-state index in [4.69, 9.17) is 9.47 Å². The molecule has 6 nitrogen and oxygen atoms in total. The van der Waals surface area contributed by atoms with Gasteiger partial charge < -0.3 is 14.8 Å². The Bertz CT molecular complexity index is 939. The van der Waals surface area contributed by atoms with Crippen LogP contribution in [0.2, 0.25) is 0 Å². The van der Waals surface area contributed by atoms with Gasteiger partial charge in [-0.25, -0.2) is 9.78 Å². The maximum absolute atomic E-state index is 12.3. The SMILES string of the molecule is COc1ccc(CNC(=O)[C@H](C)OC(=O)c2csc(-c3ccccc3)n2)cc1. The summed E-state index contributed by atoms with van der Waals surface area (Å²) in [5, 5.41) is 5.11. The van der Waals surface area contributed by atoms with Crippen LogP contribution in [0.5, 0.6) is 5.75 Å². The lowest BCUT2D eigenvalue weighted by Gasteiger charge is -2.13. The van der Waals surface area contributed by atoms with Crippen LogP contribution in [0.25, 0.3) is 10.6 Å².